The molecule has 29 heavy (non-hydrogen) atoms. The van der Waals surface area contributed by atoms with Crippen LogP contribution in [0.1, 0.15) is 37.3 Å². The number of rotatable bonds is 4. The van der Waals surface area contributed by atoms with Crippen LogP contribution in [0.4, 0.5) is 5.82 Å². The summed E-state index contributed by atoms with van der Waals surface area (Å²) in [5, 5.41) is 5.02. The summed E-state index contributed by atoms with van der Waals surface area (Å²) < 4.78 is 6.77. The minimum Gasteiger partial charge on any atom is -0.469 e. The van der Waals surface area contributed by atoms with Crippen LogP contribution < -0.4 is 4.90 Å². The van der Waals surface area contributed by atoms with Crippen LogP contribution in [0.5, 0.6) is 0 Å². The number of anilines is 1. The van der Waals surface area contributed by atoms with Crippen molar-refractivity contribution in [3.63, 3.8) is 0 Å². The molecule has 0 saturated heterocycles. The third-order valence-electron chi connectivity index (χ3n) is 5.65. The van der Waals surface area contributed by atoms with Crippen LogP contribution in [0, 0.1) is 5.92 Å². The molecular weight excluding hydrogens is 390 g/mol. The molecule has 0 aromatic carbocycles. The average Bonchev–Trinajstić information content (AvgIpc) is 3.17. The Labute approximate surface area is 174 Å². The minimum absolute atomic E-state index is 0.000954. The zero-order valence-corrected chi connectivity index (χ0v) is 17.6. The van der Waals surface area contributed by atoms with E-state index in [-0.39, 0.29) is 11.9 Å². The van der Waals surface area contributed by atoms with Crippen LogP contribution in [-0.2, 0) is 9.53 Å². The van der Waals surface area contributed by atoms with Crippen LogP contribution in [0.25, 0.3) is 16.8 Å². The number of esters is 1. The summed E-state index contributed by atoms with van der Waals surface area (Å²) in [6.07, 6.45) is 7.05. The SMILES string of the molecule is COC(=O)[C@H]1CC[C@H](c2cc(N(C)C)n3ncc(-c4ccc(Cl)nc4)c3n2)CC1. The van der Waals surface area contributed by atoms with Gasteiger partial charge < -0.3 is 9.64 Å². The van der Waals surface area contributed by atoms with Gasteiger partial charge in [-0.2, -0.15) is 9.61 Å². The van der Waals surface area contributed by atoms with Crippen LogP contribution in [-0.4, -0.2) is 46.8 Å². The molecule has 0 aliphatic heterocycles. The minimum atomic E-state index is -0.103. The van der Waals surface area contributed by atoms with Crippen molar-refractivity contribution in [1.29, 1.82) is 0 Å². The Morgan fingerprint density at radius 3 is 2.59 bits per heavy atom. The number of fused-ring (bicyclic) bond motifs is 1. The zero-order valence-electron chi connectivity index (χ0n) is 16.8. The second-order valence-corrected chi connectivity index (χ2v) is 8.06. The highest BCUT2D eigenvalue weighted by Gasteiger charge is 2.29. The lowest BCUT2D eigenvalue weighted by Crippen LogP contribution is -2.23. The second-order valence-electron chi connectivity index (χ2n) is 7.67. The van der Waals surface area contributed by atoms with E-state index in [0.717, 1.165) is 54.0 Å². The molecule has 152 valence electrons. The predicted octanol–water partition coefficient (Wildman–Crippen LogP) is 3.96. The maximum atomic E-state index is 11.8. The number of halogens is 1. The van der Waals surface area contributed by atoms with Crippen molar-refractivity contribution in [2.75, 3.05) is 26.1 Å². The van der Waals surface area contributed by atoms with Gasteiger partial charge in [0.25, 0.3) is 0 Å². The molecule has 4 rings (SSSR count). The van der Waals surface area contributed by atoms with E-state index in [1.165, 1.54) is 7.11 Å². The highest BCUT2D eigenvalue weighted by atomic mass is 35.5. The summed E-state index contributed by atoms with van der Waals surface area (Å²) in [6, 6.07) is 5.80. The monoisotopic (exact) mass is 413 g/mol. The van der Waals surface area contributed by atoms with Gasteiger partial charge in [0, 0.05) is 49.1 Å². The topological polar surface area (TPSA) is 72.6 Å². The Bertz CT molecular complexity index is 1020. The van der Waals surface area contributed by atoms with Crippen molar-refractivity contribution in [3.8, 4) is 11.1 Å². The highest BCUT2D eigenvalue weighted by Crippen LogP contribution is 2.37. The van der Waals surface area contributed by atoms with Gasteiger partial charge in [0.15, 0.2) is 5.65 Å². The quantitative estimate of drug-likeness (QED) is 0.476. The smallest absolute Gasteiger partial charge is 0.308 e. The van der Waals surface area contributed by atoms with Crippen molar-refractivity contribution in [2.45, 2.75) is 31.6 Å². The molecule has 0 N–H and O–H groups in total. The fourth-order valence-electron chi connectivity index (χ4n) is 4.02. The Balaban J connectivity index is 1.73. The van der Waals surface area contributed by atoms with Gasteiger partial charge >= 0.3 is 5.97 Å². The van der Waals surface area contributed by atoms with Gasteiger partial charge in [0.05, 0.1) is 19.2 Å². The number of hydrogen-bond donors (Lipinski definition) is 0. The maximum Gasteiger partial charge on any atom is 0.308 e. The number of aromatic nitrogens is 4. The largest absolute Gasteiger partial charge is 0.469 e. The third kappa shape index (κ3) is 3.79. The molecule has 3 aromatic heterocycles. The molecule has 0 bridgehead atoms. The molecule has 8 heteroatoms. The van der Waals surface area contributed by atoms with E-state index < -0.39 is 0 Å². The number of carbonyl (C=O) groups is 1. The Kier molecular flexibility index (Phi) is 5.41. The summed E-state index contributed by atoms with van der Waals surface area (Å²) in [4.78, 5) is 23.1. The van der Waals surface area contributed by atoms with Crippen LogP contribution in [0.15, 0.2) is 30.6 Å². The van der Waals surface area contributed by atoms with Gasteiger partial charge in [0.2, 0.25) is 0 Å². The van der Waals surface area contributed by atoms with Crippen LogP contribution in [0.3, 0.4) is 0 Å². The molecule has 0 amide bonds. The van der Waals surface area contributed by atoms with E-state index in [1.54, 1.807) is 12.3 Å². The first-order chi connectivity index (χ1) is 14.0. The lowest BCUT2D eigenvalue weighted by molar-refractivity contribution is -0.146. The molecule has 7 nitrogen and oxygen atoms in total. The lowest BCUT2D eigenvalue weighted by Gasteiger charge is -2.27. The molecule has 0 atom stereocenters. The van der Waals surface area contributed by atoms with Crippen LogP contribution >= 0.6 is 11.6 Å². The molecule has 0 unspecified atom stereocenters. The third-order valence-corrected chi connectivity index (χ3v) is 5.87. The summed E-state index contributed by atoms with van der Waals surface area (Å²) in [7, 11) is 5.45. The summed E-state index contributed by atoms with van der Waals surface area (Å²) in [5.74, 6) is 1.17. The molecule has 1 aliphatic rings. The highest BCUT2D eigenvalue weighted by molar-refractivity contribution is 6.29. The molecule has 0 spiro atoms. The van der Waals surface area contributed by atoms with E-state index in [1.807, 2.05) is 35.8 Å². The average molecular weight is 414 g/mol. The summed E-state index contributed by atoms with van der Waals surface area (Å²) >= 11 is 5.94. The van der Waals surface area contributed by atoms with Gasteiger partial charge in [-0.15, -0.1) is 0 Å². The number of ether oxygens (including phenoxy) is 1. The summed E-state index contributed by atoms with van der Waals surface area (Å²) in [6.45, 7) is 0. The number of carbonyl (C=O) groups excluding carboxylic acids is 1. The molecule has 3 heterocycles. The van der Waals surface area contributed by atoms with Gasteiger partial charge in [0.1, 0.15) is 11.0 Å². The maximum absolute atomic E-state index is 11.8. The fraction of sp³-hybridized carbons (Fsp3) is 0.429. The molecule has 0 radical (unpaired) electrons. The van der Waals surface area contributed by atoms with E-state index in [4.69, 9.17) is 21.3 Å². The predicted molar refractivity (Wildman–Crippen MR) is 112 cm³/mol. The Hall–Kier alpha value is -2.67. The number of hydrogen-bond acceptors (Lipinski definition) is 6. The van der Waals surface area contributed by atoms with Crippen molar-refractivity contribution >= 4 is 29.0 Å². The first-order valence-electron chi connectivity index (χ1n) is 9.73. The van der Waals surface area contributed by atoms with Crippen molar-refractivity contribution in [1.82, 2.24) is 19.6 Å². The number of nitrogens with zero attached hydrogens (tertiary/aromatic N) is 5. The molecule has 3 aromatic rings. The molecule has 1 saturated carbocycles. The zero-order chi connectivity index (χ0) is 20.5. The van der Waals surface area contributed by atoms with Gasteiger partial charge in [-0.3, -0.25) is 4.79 Å². The van der Waals surface area contributed by atoms with Crippen molar-refractivity contribution in [3.05, 3.63) is 41.4 Å². The number of methoxy groups -OCH3 is 1. The van der Waals surface area contributed by atoms with Crippen molar-refractivity contribution in [2.24, 2.45) is 5.92 Å². The molecular formula is C21H24ClN5O2. The second kappa shape index (κ2) is 7.99. The fourth-order valence-corrected chi connectivity index (χ4v) is 4.13. The number of pyridine rings is 1. The standard InChI is InChI=1S/C21H24ClN5O2/c1-26(2)19-10-17(13-4-6-14(7-5-13)21(28)29-3)25-20-16(12-24-27(19)20)15-8-9-18(22)23-11-15/h8-14H,4-7H2,1-3H3/t13-,14-. The van der Waals surface area contributed by atoms with E-state index in [2.05, 4.69) is 16.1 Å². The first kappa shape index (κ1) is 19.6. The first-order valence-corrected chi connectivity index (χ1v) is 10.1. The van der Waals surface area contributed by atoms with Gasteiger partial charge in [-0.1, -0.05) is 11.6 Å². The summed E-state index contributed by atoms with van der Waals surface area (Å²) in [5.41, 5.74) is 3.68. The van der Waals surface area contributed by atoms with Gasteiger partial charge in [-0.05, 0) is 37.8 Å². The Morgan fingerprint density at radius 1 is 1.21 bits per heavy atom. The van der Waals surface area contributed by atoms with Crippen LogP contribution in [0.2, 0.25) is 5.15 Å². The van der Waals surface area contributed by atoms with Crippen molar-refractivity contribution < 1.29 is 9.53 Å². The van der Waals surface area contributed by atoms with E-state index >= 15 is 0 Å². The van der Waals surface area contributed by atoms with Gasteiger partial charge in [-0.25, -0.2) is 9.97 Å². The normalized spacial score (nSPS) is 19.3. The Morgan fingerprint density at radius 2 is 1.97 bits per heavy atom. The molecule has 1 aliphatic carbocycles. The van der Waals surface area contributed by atoms with E-state index in [9.17, 15) is 4.79 Å². The van der Waals surface area contributed by atoms with E-state index in [0.29, 0.717) is 11.1 Å². The molecule has 1 fully saturated rings. The lowest BCUT2D eigenvalue weighted by atomic mass is 9.80.